The largest absolute Gasteiger partial charge is 0.472 e. The minimum absolute atomic E-state index is 0.00517. The predicted octanol–water partition coefficient (Wildman–Crippen LogP) is 0.903. The van der Waals surface area contributed by atoms with Gasteiger partial charge in [-0.3, -0.25) is 18.1 Å². The van der Waals surface area contributed by atoms with Gasteiger partial charge in [0.25, 0.3) is 0 Å². The normalized spacial score (nSPS) is 21.6. The molecule has 1 saturated heterocycles. The molecule has 2 N–H and O–H groups in total. The van der Waals surface area contributed by atoms with Crippen LogP contribution in [0.25, 0.3) is 0 Å². The molecule has 15 nitrogen and oxygen atoms in total. The second-order valence-corrected chi connectivity index (χ2v) is 11.9. The summed E-state index contributed by atoms with van der Waals surface area (Å²) in [6, 6.07) is -0.00517. The van der Waals surface area contributed by atoms with E-state index >= 15 is 0 Å². The molecule has 0 aromatic heterocycles. The second-order valence-electron chi connectivity index (χ2n) is 8.95. The molecule has 0 amide bonds. The summed E-state index contributed by atoms with van der Waals surface area (Å²) in [5, 5.41) is 0. The van der Waals surface area contributed by atoms with Crippen molar-refractivity contribution >= 4 is 23.5 Å². The van der Waals surface area contributed by atoms with E-state index in [1.807, 2.05) is 7.85 Å². The maximum Gasteiger partial charge on any atom is 0.472 e. The van der Waals surface area contributed by atoms with Gasteiger partial charge in [-0.05, 0) is 19.3 Å². The first-order valence-corrected chi connectivity index (χ1v) is 16.9. The van der Waals surface area contributed by atoms with Crippen molar-refractivity contribution in [1.82, 2.24) is 0 Å². The van der Waals surface area contributed by atoms with Gasteiger partial charge in [0.2, 0.25) is 0 Å². The average Bonchev–Trinajstić information content (AvgIpc) is 3.32. The molecule has 5 unspecified atom stereocenters. The van der Waals surface area contributed by atoms with Crippen molar-refractivity contribution < 1.29 is 70.2 Å². The van der Waals surface area contributed by atoms with Gasteiger partial charge in [0.15, 0.2) is 0 Å². The molecule has 0 aromatic rings. The molecule has 0 saturated carbocycles. The number of terminal acetylenes is 1. The molecule has 42 heavy (non-hydrogen) atoms. The van der Waals surface area contributed by atoms with Gasteiger partial charge in [-0.25, -0.2) is 9.13 Å². The third kappa shape index (κ3) is 22.1. The van der Waals surface area contributed by atoms with Gasteiger partial charge in [-0.2, -0.15) is 0 Å². The van der Waals surface area contributed by atoms with Gasteiger partial charge in [-0.1, -0.05) is 0 Å². The van der Waals surface area contributed by atoms with E-state index in [2.05, 4.69) is 5.92 Å². The van der Waals surface area contributed by atoms with Crippen molar-refractivity contribution in [2.75, 3.05) is 99.6 Å². The number of hydrogen-bond acceptors (Lipinski definition) is 13. The molecule has 18 heteroatoms. The van der Waals surface area contributed by atoms with E-state index in [-0.39, 0.29) is 58.4 Å². The quantitative estimate of drug-likeness (QED) is 0.0506. The molecule has 0 aliphatic carbocycles. The zero-order valence-corrected chi connectivity index (χ0v) is 26.4. The Kier molecular flexibility index (Phi) is 23.4. The van der Waals surface area contributed by atoms with Gasteiger partial charge in [0.05, 0.1) is 98.6 Å². The highest BCUT2D eigenvalue weighted by molar-refractivity contribution is 7.47. The molecule has 0 aromatic carbocycles. The monoisotopic (exact) mass is 648 g/mol. The summed E-state index contributed by atoms with van der Waals surface area (Å²) in [6.07, 6.45) is 7.11. The lowest BCUT2D eigenvalue weighted by Gasteiger charge is -2.19. The standard InChI is InChI=1S/C24H47BO15P2/c1-3-4-5-6-7-36-41(26,27)37-18-16-34-14-12-32-10-8-31-9-11-33-13-15-35-17-19-38-42(28,29)39-21-23-22(30-2)20-24(25)40-23/h1,22-24H,4-21,25H2,2H3,(H,26,27)(H,28,29). The summed E-state index contributed by atoms with van der Waals surface area (Å²) in [5.41, 5.74) is 0. The Balaban J connectivity index is 1.81. The molecule has 1 heterocycles. The summed E-state index contributed by atoms with van der Waals surface area (Å²) >= 11 is 0. The van der Waals surface area contributed by atoms with Gasteiger partial charge in [0.1, 0.15) is 14.0 Å². The molecular weight excluding hydrogens is 601 g/mol. The van der Waals surface area contributed by atoms with Crippen LogP contribution in [0.5, 0.6) is 0 Å². The number of unbranched alkanes of at least 4 members (excludes halogenated alkanes) is 2. The van der Waals surface area contributed by atoms with Crippen LogP contribution in [0.4, 0.5) is 0 Å². The third-order valence-electron chi connectivity index (χ3n) is 5.51. The Morgan fingerprint density at radius 1 is 0.738 bits per heavy atom. The fourth-order valence-corrected chi connectivity index (χ4v) is 4.93. The Morgan fingerprint density at radius 3 is 1.62 bits per heavy atom. The van der Waals surface area contributed by atoms with Crippen LogP contribution in [0.1, 0.15) is 25.7 Å². The van der Waals surface area contributed by atoms with Crippen LogP contribution in [0.3, 0.4) is 0 Å². The molecule has 1 rings (SSSR count). The average molecular weight is 648 g/mol. The predicted molar refractivity (Wildman–Crippen MR) is 153 cm³/mol. The van der Waals surface area contributed by atoms with E-state index in [9.17, 15) is 18.9 Å². The molecular formula is C24H47BO15P2. The molecule has 0 bridgehead atoms. The SMILES string of the molecule is BC1CC(OC)C(COP(=O)(O)OCCOCCOCCOCCOCCOCCOP(=O)(O)OCCCCC#C)O1. The van der Waals surface area contributed by atoms with Crippen LogP contribution < -0.4 is 0 Å². The smallest absolute Gasteiger partial charge is 0.379 e. The minimum atomic E-state index is -4.22. The topological polar surface area (TPSA) is 176 Å². The number of rotatable bonds is 29. The number of ether oxygens (including phenoxy) is 7. The van der Waals surface area contributed by atoms with E-state index in [0.717, 1.165) is 6.42 Å². The van der Waals surface area contributed by atoms with Crippen molar-refractivity contribution in [3.05, 3.63) is 0 Å². The van der Waals surface area contributed by atoms with E-state index in [0.29, 0.717) is 65.5 Å². The minimum Gasteiger partial charge on any atom is -0.379 e. The second kappa shape index (κ2) is 24.8. The Bertz CT molecular complexity index is 802. The molecule has 0 radical (unpaired) electrons. The highest BCUT2D eigenvalue weighted by atomic mass is 31.2. The summed E-state index contributed by atoms with van der Waals surface area (Å²) in [5.74, 6) is 2.48. The summed E-state index contributed by atoms with van der Waals surface area (Å²) in [6.45, 7) is 2.80. The lowest BCUT2D eigenvalue weighted by Crippen LogP contribution is -2.28. The van der Waals surface area contributed by atoms with Crippen LogP contribution in [0.15, 0.2) is 0 Å². The Labute approximate surface area is 249 Å². The zero-order valence-electron chi connectivity index (χ0n) is 24.6. The van der Waals surface area contributed by atoms with Gasteiger partial charge in [0, 0.05) is 19.5 Å². The number of methoxy groups -OCH3 is 1. The highest BCUT2D eigenvalue weighted by Gasteiger charge is 2.35. The van der Waals surface area contributed by atoms with Crippen LogP contribution in [-0.4, -0.2) is 135 Å². The van der Waals surface area contributed by atoms with Crippen LogP contribution in [0, 0.1) is 12.3 Å². The van der Waals surface area contributed by atoms with E-state index in [4.69, 9.17) is 57.7 Å². The lowest BCUT2D eigenvalue weighted by atomic mass is 9.96. The van der Waals surface area contributed by atoms with E-state index in [1.165, 1.54) is 0 Å². The van der Waals surface area contributed by atoms with Crippen molar-refractivity contribution in [2.45, 2.75) is 43.9 Å². The summed E-state index contributed by atoms with van der Waals surface area (Å²) < 4.78 is 80.8. The van der Waals surface area contributed by atoms with Gasteiger partial charge < -0.3 is 42.9 Å². The maximum absolute atomic E-state index is 12.0. The highest BCUT2D eigenvalue weighted by Crippen LogP contribution is 2.44. The Morgan fingerprint density at radius 2 is 1.17 bits per heavy atom. The third-order valence-corrected chi connectivity index (χ3v) is 7.51. The van der Waals surface area contributed by atoms with Crippen molar-refractivity contribution in [1.29, 1.82) is 0 Å². The number of hydrogen-bond donors (Lipinski definition) is 2. The first kappa shape index (κ1) is 39.6. The van der Waals surface area contributed by atoms with Gasteiger partial charge >= 0.3 is 15.6 Å². The van der Waals surface area contributed by atoms with Crippen LogP contribution in [0.2, 0.25) is 0 Å². The molecule has 0 spiro atoms. The van der Waals surface area contributed by atoms with Crippen molar-refractivity contribution in [3.63, 3.8) is 0 Å². The summed E-state index contributed by atoms with van der Waals surface area (Å²) in [7, 11) is -4.83. The van der Waals surface area contributed by atoms with E-state index < -0.39 is 21.7 Å². The Hall–Kier alpha value is -0.435. The zero-order chi connectivity index (χ0) is 30.9. The number of phosphoric ester groups is 2. The fourth-order valence-electron chi connectivity index (χ4n) is 3.47. The van der Waals surface area contributed by atoms with Crippen LogP contribution >= 0.6 is 15.6 Å². The lowest BCUT2D eigenvalue weighted by molar-refractivity contribution is -0.0254. The number of phosphoric acid groups is 2. The molecule has 1 aliphatic heterocycles. The molecule has 246 valence electrons. The first-order chi connectivity index (χ1) is 20.2. The maximum atomic E-state index is 12.0. The fraction of sp³-hybridized carbons (Fsp3) is 0.917. The summed E-state index contributed by atoms with van der Waals surface area (Å²) in [4.78, 5) is 19.3. The van der Waals surface area contributed by atoms with Crippen molar-refractivity contribution in [2.24, 2.45) is 0 Å². The molecule has 5 atom stereocenters. The molecule has 1 fully saturated rings. The molecule has 1 aliphatic rings. The first-order valence-electron chi connectivity index (χ1n) is 13.9. The van der Waals surface area contributed by atoms with Crippen molar-refractivity contribution in [3.8, 4) is 12.3 Å². The van der Waals surface area contributed by atoms with Gasteiger partial charge in [-0.15, -0.1) is 12.3 Å². The van der Waals surface area contributed by atoms with E-state index in [1.54, 1.807) is 7.11 Å². The van der Waals surface area contributed by atoms with Crippen LogP contribution in [-0.2, 0) is 60.4 Å².